The topological polar surface area (TPSA) is 35.2 Å². The van der Waals surface area contributed by atoms with Gasteiger partial charge in [-0.05, 0) is 36.2 Å². The third-order valence-electron chi connectivity index (χ3n) is 3.81. The molecule has 2 nitrogen and oxygen atoms in total. The summed E-state index contributed by atoms with van der Waals surface area (Å²) in [6, 6.07) is 6.12. The van der Waals surface area contributed by atoms with Crippen molar-refractivity contribution in [1.29, 1.82) is 0 Å². The Hall–Kier alpha value is -0.803. The van der Waals surface area contributed by atoms with E-state index in [0.717, 1.165) is 16.8 Å². The van der Waals surface area contributed by atoms with E-state index in [4.69, 9.17) is 10.2 Å². The average molecular weight is 251 g/mol. The van der Waals surface area contributed by atoms with Crippen LogP contribution >= 0.6 is 0 Å². The molecule has 0 spiro atoms. The number of hydrogen-bond donors (Lipinski definition) is 1. The average Bonchev–Trinajstić information content (AvgIpc) is 2.18. The second kappa shape index (κ2) is 4.82. The Bertz CT molecular complexity index is 394. The van der Waals surface area contributed by atoms with E-state index in [1.807, 2.05) is 19.1 Å². The van der Waals surface area contributed by atoms with Crippen LogP contribution < -0.4 is 5.73 Å². The van der Waals surface area contributed by atoms with E-state index < -0.39 is 8.32 Å². The zero-order chi connectivity index (χ0) is 13.3. The van der Waals surface area contributed by atoms with E-state index in [2.05, 4.69) is 39.9 Å². The molecule has 3 heteroatoms. The normalized spacial score (nSPS) is 12.8. The molecular weight excluding hydrogens is 226 g/mol. The van der Waals surface area contributed by atoms with Crippen LogP contribution in [0.25, 0.3) is 0 Å². The first-order chi connectivity index (χ1) is 7.65. The van der Waals surface area contributed by atoms with Gasteiger partial charge in [-0.15, -0.1) is 0 Å². The molecule has 0 amide bonds. The Morgan fingerprint density at radius 3 is 2.35 bits per heavy atom. The van der Waals surface area contributed by atoms with E-state index in [9.17, 15) is 0 Å². The fourth-order valence-corrected chi connectivity index (χ4v) is 2.29. The second-order valence-electron chi connectivity index (χ2n) is 6.20. The molecule has 0 aromatic heterocycles. The van der Waals surface area contributed by atoms with Crippen molar-refractivity contribution in [3.63, 3.8) is 0 Å². The summed E-state index contributed by atoms with van der Waals surface area (Å²) in [5.74, 6) is 0. The molecule has 0 saturated carbocycles. The number of rotatable bonds is 3. The first-order valence-electron chi connectivity index (χ1n) is 6.13. The van der Waals surface area contributed by atoms with Gasteiger partial charge in [-0.25, -0.2) is 0 Å². The number of aryl methyl sites for hydroxylation is 1. The molecule has 0 radical (unpaired) electrons. The second-order valence-corrected chi connectivity index (χ2v) is 11.0. The van der Waals surface area contributed by atoms with Gasteiger partial charge in [0.1, 0.15) is 0 Å². The molecule has 17 heavy (non-hydrogen) atoms. The molecule has 1 rings (SSSR count). The molecule has 1 aromatic rings. The Balaban J connectivity index is 2.78. The van der Waals surface area contributed by atoms with Gasteiger partial charge in [0.05, 0.1) is 6.61 Å². The quantitative estimate of drug-likeness (QED) is 0.648. The van der Waals surface area contributed by atoms with Gasteiger partial charge in [0, 0.05) is 5.69 Å². The van der Waals surface area contributed by atoms with Gasteiger partial charge in [0.25, 0.3) is 0 Å². The molecule has 1 aromatic carbocycles. The van der Waals surface area contributed by atoms with Gasteiger partial charge in [-0.3, -0.25) is 0 Å². The molecule has 0 fully saturated rings. The summed E-state index contributed by atoms with van der Waals surface area (Å²) in [6.07, 6.45) is 0. The van der Waals surface area contributed by atoms with Crippen molar-refractivity contribution in [2.45, 2.75) is 52.4 Å². The molecule has 0 aliphatic carbocycles. The van der Waals surface area contributed by atoms with Gasteiger partial charge in [0.15, 0.2) is 8.32 Å². The van der Waals surface area contributed by atoms with Gasteiger partial charge >= 0.3 is 0 Å². The lowest BCUT2D eigenvalue weighted by molar-refractivity contribution is 0.277. The number of hydrogen-bond acceptors (Lipinski definition) is 2. The molecule has 0 bridgehead atoms. The summed E-state index contributed by atoms with van der Waals surface area (Å²) >= 11 is 0. The van der Waals surface area contributed by atoms with Crippen LogP contribution in [0, 0.1) is 6.92 Å². The predicted molar refractivity (Wildman–Crippen MR) is 77.6 cm³/mol. The first-order valence-corrected chi connectivity index (χ1v) is 9.04. The fraction of sp³-hybridized carbons (Fsp3) is 0.571. The smallest absolute Gasteiger partial charge is 0.192 e. The molecule has 0 aliphatic heterocycles. The summed E-state index contributed by atoms with van der Waals surface area (Å²) in [5.41, 5.74) is 9.16. The SMILES string of the molecule is Cc1cccc(CO[Si](C)(C)C(C)(C)C)c1N. The van der Waals surface area contributed by atoms with Crippen molar-refractivity contribution in [3.8, 4) is 0 Å². The minimum atomic E-state index is -1.68. The highest BCUT2D eigenvalue weighted by molar-refractivity contribution is 6.74. The van der Waals surface area contributed by atoms with Crippen molar-refractivity contribution in [2.24, 2.45) is 0 Å². The van der Waals surface area contributed by atoms with Crippen LogP contribution in [0.1, 0.15) is 31.9 Å². The third kappa shape index (κ3) is 3.33. The summed E-state index contributed by atoms with van der Waals surface area (Å²) in [6.45, 7) is 13.9. The highest BCUT2D eigenvalue weighted by Gasteiger charge is 2.37. The minimum absolute atomic E-state index is 0.242. The van der Waals surface area contributed by atoms with E-state index in [1.54, 1.807) is 0 Å². The zero-order valence-electron chi connectivity index (χ0n) is 11.9. The maximum absolute atomic E-state index is 6.17. The van der Waals surface area contributed by atoms with Crippen LogP contribution in [-0.2, 0) is 11.0 Å². The molecule has 2 N–H and O–H groups in total. The van der Waals surface area contributed by atoms with Crippen molar-refractivity contribution in [3.05, 3.63) is 29.3 Å². The number of anilines is 1. The molecule has 0 heterocycles. The monoisotopic (exact) mass is 251 g/mol. The molecule has 0 unspecified atom stereocenters. The van der Waals surface area contributed by atoms with Crippen molar-refractivity contribution in [2.75, 3.05) is 5.73 Å². The predicted octanol–water partition coefficient (Wildman–Crippen LogP) is 4.10. The van der Waals surface area contributed by atoms with E-state index in [-0.39, 0.29) is 5.04 Å². The summed E-state index contributed by atoms with van der Waals surface area (Å²) in [5, 5.41) is 0.242. The number of para-hydroxylation sites is 1. The van der Waals surface area contributed by atoms with Crippen LogP contribution in [0.15, 0.2) is 18.2 Å². The lowest BCUT2D eigenvalue weighted by Crippen LogP contribution is -2.40. The van der Waals surface area contributed by atoms with Crippen LogP contribution in [-0.4, -0.2) is 8.32 Å². The maximum Gasteiger partial charge on any atom is 0.192 e. The van der Waals surface area contributed by atoms with Crippen LogP contribution in [0.3, 0.4) is 0 Å². The van der Waals surface area contributed by atoms with Gasteiger partial charge in [-0.1, -0.05) is 39.0 Å². The van der Waals surface area contributed by atoms with E-state index in [0.29, 0.717) is 6.61 Å². The van der Waals surface area contributed by atoms with Crippen LogP contribution in [0.5, 0.6) is 0 Å². The van der Waals surface area contributed by atoms with Crippen molar-refractivity contribution >= 4 is 14.0 Å². The minimum Gasteiger partial charge on any atom is -0.412 e. The van der Waals surface area contributed by atoms with Crippen molar-refractivity contribution < 1.29 is 4.43 Å². The lowest BCUT2D eigenvalue weighted by atomic mass is 10.1. The molecule has 96 valence electrons. The standard InChI is InChI=1S/C14H25NOSi/c1-11-8-7-9-12(13(11)15)10-16-17(5,6)14(2,3)4/h7-9H,10,15H2,1-6H3. The molecule has 0 aliphatic rings. The zero-order valence-corrected chi connectivity index (χ0v) is 12.9. The fourth-order valence-electron chi connectivity index (χ4n) is 1.34. The lowest BCUT2D eigenvalue weighted by Gasteiger charge is -2.36. The molecule has 0 saturated heterocycles. The van der Waals surface area contributed by atoms with Gasteiger partial charge in [0.2, 0.25) is 0 Å². The van der Waals surface area contributed by atoms with Crippen LogP contribution in [0.4, 0.5) is 5.69 Å². The largest absolute Gasteiger partial charge is 0.412 e. The van der Waals surface area contributed by atoms with Crippen molar-refractivity contribution in [1.82, 2.24) is 0 Å². The van der Waals surface area contributed by atoms with E-state index in [1.165, 1.54) is 0 Å². The number of nitrogen functional groups attached to an aromatic ring is 1. The highest BCUT2D eigenvalue weighted by Crippen LogP contribution is 2.37. The Kier molecular flexibility index (Phi) is 4.05. The Labute approximate surface area is 106 Å². The first kappa shape index (κ1) is 14.3. The number of nitrogens with two attached hydrogens (primary N) is 1. The summed E-state index contributed by atoms with van der Waals surface area (Å²) in [7, 11) is -1.68. The van der Waals surface area contributed by atoms with Gasteiger partial charge in [-0.2, -0.15) is 0 Å². The summed E-state index contributed by atoms with van der Waals surface area (Å²) < 4.78 is 6.17. The highest BCUT2D eigenvalue weighted by atomic mass is 28.4. The van der Waals surface area contributed by atoms with Crippen LogP contribution in [0.2, 0.25) is 18.1 Å². The van der Waals surface area contributed by atoms with Gasteiger partial charge < -0.3 is 10.2 Å². The maximum atomic E-state index is 6.17. The molecule has 0 atom stereocenters. The Morgan fingerprint density at radius 2 is 1.82 bits per heavy atom. The molecular formula is C14H25NOSi. The third-order valence-corrected chi connectivity index (χ3v) is 8.29. The summed E-state index contributed by atoms with van der Waals surface area (Å²) in [4.78, 5) is 0. The Morgan fingerprint density at radius 1 is 1.24 bits per heavy atom. The van der Waals surface area contributed by atoms with E-state index >= 15 is 0 Å². The number of benzene rings is 1.